The summed E-state index contributed by atoms with van der Waals surface area (Å²) in [5.41, 5.74) is 2.20. The maximum atomic E-state index is 12.6. The molecule has 7 nitrogen and oxygen atoms in total. The molecule has 29 heavy (non-hydrogen) atoms. The molecule has 2 aromatic rings. The van der Waals surface area contributed by atoms with Gasteiger partial charge in [-0.3, -0.25) is 4.79 Å². The lowest BCUT2D eigenvalue weighted by atomic mass is 10.1. The molecular weight excluding hydrogens is 372 g/mol. The average molecular weight is 398 g/mol. The van der Waals surface area contributed by atoms with Gasteiger partial charge in [-0.25, -0.2) is 4.79 Å². The second kappa shape index (κ2) is 9.43. The average Bonchev–Trinajstić information content (AvgIpc) is 2.73. The largest absolute Gasteiger partial charge is 0.491 e. The Balaban J connectivity index is 1.77. The van der Waals surface area contributed by atoms with Crippen LogP contribution in [0.2, 0.25) is 0 Å². The first-order valence-corrected chi connectivity index (χ1v) is 9.61. The summed E-state index contributed by atoms with van der Waals surface area (Å²) in [5.74, 6) is -0.00629. The molecule has 7 heteroatoms. The van der Waals surface area contributed by atoms with Crippen LogP contribution < -0.4 is 15.0 Å². The predicted octanol–water partition coefficient (Wildman–Crippen LogP) is 3.35. The van der Waals surface area contributed by atoms with E-state index in [1.807, 2.05) is 19.9 Å². The fourth-order valence-electron chi connectivity index (χ4n) is 3.13. The van der Waals surface area contributed by atoms with Crippen LogP contribution in [0.5, 0.6) is 5.75 Å². The number of methoxy groups -OCH3 is 1. The van der Waals surface area contributed by atoms with E-state index in [0.717, 1.165) is 5.69 Å². The van der Waals surface area contributed by atoms with E-state index < -0.39 is 5.97 Å². The molecule has 3 rings (SSSR count). The van der Waals surface area contributed by atoms with E-state index in [1.165, 1.54) is 7.11 Å². The molecule has 0 spiro atoms. The number of nitrogens with one attached hydrogen (secondary N) is 1. The standard InChI is InChI=1S/C22H26N2O5/c1-15(2)29-18-7-4-16(5-8-18)21(25)23-17-6-9-20(19(14-17)22(26)27-3)24-10-12-28-13-11-24/h4-9,14-15H,10-13H2,1-3H3,(H,23,25). The molecule has 1 aliphatic heterocycles. The molecule has 0 aliphatic carbocycles. The van der Waals surface area contributed by atoms with Crippen molar-refractivity contribution in [3.05, 3.63) is 53.6 Å². The van der Waals surface area contributed by atoms with Crippen molar-refractivity contribution in [1.82, 2.24) is 0 Å². The zero-order chi connectivity index (χ0) is 20.8. The van der Waals surface area contributed by atoms with Crippen LogP contribution in [0, 0.1) is 0 Å². The maximum absolute atomic E-state index is 12.6. The fraction of sp³-hybridized carbons (Fsp3) is 0.364. The van der Waals surface area contributed by atoms with Gasteiger partial charge in [0.05, 0.1) is 37.7 Å². The number of anilines is 2. The van der Waals surface area contributed by atoms with Crippen LogP contribution in [0.1, 0.15) is 34.6 Å². The van der Waals surface area contributed by atoms with Crippen molar-refractivity contribution in [3.63, 3.8) is 0 Å². The van der Waals surface area contributed by atoms with Crippen molar-refractivity contribution in [3.8, 4) is 5.75 Å². The van der Waals surface area contributed by atoms with Crippen molar-refractivity contribution in [2.45, 2.75) is 20.0 Å². The Morgan fingerprint density at radius 1 is 1.07 bits per heavy atom. The molecule has 0 saturated carbocycles. The summed E-state index contributed by atoms with van der Waals surface area (Å²) in [7, 11) is 1.34. The number of carbonyl (C=O) groups is 2. The minimum atomic E-state index is -0.447. The lowest BCUT2D eigenvalue weighted by Gasteiger charge is -2.30. The monoisotopic (exact) mass is 398 g/mol. The van der Waals surface area contributed by atoms with Crippen molar-refractivity contribution >= 4 is 23.3 Å². The van der Waals surface area contributed by atoms with Crippen molar-refractivity contribution in [2.24, 2.45) is 0 Å². The summed E-state index contributed by atoms with van der Waals surface area (Å²) in [6, 6.07) is 12.2. The third-order valence-corrected chi connectivity index (χ3v) is 4.50. The van der Waals surface area contributed by atoms with Gasteiger partial charge in [-0.2, -0.15) is 0 Å². The highest BCUT2D eigenvalue weighted by Crippen LogP contribution is 2.26. The summed E-state index contributed by atoms with van der Waals surface area (Å²) >= 11 is 0. The van der Waals surface area contributed by atoms with Gasteiger partial charge < -0.3 is 24.4 Å². The first-order valence-electron chi connectivity index (χ1n) is 9.61. The van der Waals surface area contributed by atoms with Crippen LogP contribution in [-0.4, -0.2) is 51.4 Å². The first-order chi connectivity index (χ1) is 14.0. The number of rotatable bonds is 6. The molecule has 1 aliphatic rings. The Hall–Kier alpha value is -3.06. The molecule has 1 amide bonds. The van der Waals surface area contributed by atoms with Gasteiger partial charge >= 0.3 is 5.97 Å². The highest BCUT2D eigenvalue weighted by atomic mass is 16.5. The Morgan fingerprint density at radius 2 is 1.76 bits per heavy atom. The quantitative estimate of drug-likeness (QED) is 0.752. The van der Waals surface area contributed by atoms with E-state index in [4.69, 9.17) is 14.2 Å². The summed E-state index contributed by atoms with van der Waals surface area (Å²) in [4.78, 5) is 27.0. The third-order valence-electron chi connectivity index (χ3n) is 4.50. The Bertz CT molecular complexity index is 858. The molecule has 0 atom stereocenters. The van der Waals surface area contributed by atoms with E-state index in [1.54, 1.807) is 36.4 Å². The van der Waals surface area contributed by atoms with E-state index >= 15 is 0 Å². The van der Waals surface area contributed by atoms with Gasteiger partial charge in [-0.05, 0) is 56.3 Å². The number of amides is 1. The zero-order valence-corrected chi connectivity index (χ0v) is 16.9. The van der Waals surface area contributed by atoms with Crippen LogP contribution in [0.4, 0.5) is 11.4 Å². The van der Waals surface area contributed by atoms with E-state index in [9.17, 15) is 9.59 Å². The molecule has 0 radical (unpaired) electrons. The minimum absolute atomic E-state index is 0.0661. The molecule has 154 valence electrons. The predicted molar refractivity (Wildman–Crippen MR) is 111 cm³/mol. The Kier molecular flexibility index (Phi) is 6.72. The lowest BCUT2D eigenvalue weighted by molar-refractivity contribution is 0.0600. The number of ether oxygens (including phenoxy) is 3. The molecule has 1 N–H and O–H groups in total. The van der Waals surface area contributed by atoms with Gasteiger partial charge in [0.1, 0.15) is 5.75 Å². The minimum Gasteiger partial charge on any atom is -0.491 e. The van der Waals surface area contributed by atoms with Crippen molar-refractivity contribution in [2.75, 3.05) is 43.6 Å². The highest BCUT2D eigenvalue weighted by molar-refractivity contribution is 6.05. The summed E-state index contributed by atoms with van der Waals surface area (Å²) in [6.45, 7) is 6.49. The second-order valence-electron chi connectivity index (χ2n) is 6.97. The first kappa shape index (κ1) is 20.7. The second-order valence-corrected chi connectivity index (χ2v) is 6.97. The SMILES string of the molecule is COC(=O)c1cc(NC(=O)c2ccc(OC(C)C)cc2)ccc1N1CCOCC1. The molecule has 0 unspecified atom stereocenters. The van der Waals surface area contributed by atoms with E-state index in [0.29, 0.717) is 48.9 Å². The third kappa shape index (κ3) is 5.26. The summed E-state index contributed by atoms with van der Waals surface area (Å²) < 4.78 is 15.9. The van der Waals surface area contributed by atoms with Crippen LogP contribution in [0.3, 0.4) is 0 Å². The van der Waals surface area contributed by atoms with Crippen LogP contribution >= 0.6 is 0 Å². The normalized spacial score (nSPS) is 13.9. The van der Waals surface area contributed by atoms with Gasteiger partial charge in [0.15, 0.2) is 0 Å². The number of hydrogen-bond donors (Lipinski definition) is 1. The van der Waals surface area contributed by atoms with E-state index in [-0.39, 0.29) is 12.0 Å². The topological polar surface area (TPSA) is 77.1 Å². The Labute approximate surface area is 170 Å². The number of morpholine rings is 1. The molecule has 0 bridgehead atoms. The number of esters is 1. The maximum Gasteiger partial charge on any atom is 0.340 e. The van der Waals surface area contributed by atoms with Crippen LogP contribution in [0.15, 0.2) is 42.5 Å². The van der Waals surface area contributed by atoms with Crippen LogP contribution in [0.25, 0.3) is 0 Å². The van der Waals surface area contributed by atoms with Gasteiger partial charge in [0.25, 0.3) is 5.91 Å². The number of benzene rings is 2. The number of carbonyl (C=O) groups excluding carboxylic acids is 2. The van der Waals surface area contributed by atoms with Gasteiger partial charge in [-0.15, -0.1) is 0 Å². The highest BCUT2D eigenvalue weighted by Gasteiger charge is 2.20. The summed E-state index contributed by atoms with van der Waals surface area (Å²) in [5, 5.41) is 2.84. The zero-order valence-electron chi connectivity index (χ0n) is 16.9. The molecule has 1 heterocycles. The lowest BCUT2D eigenvalue weighted by Crippen LogP contribution is -2.37. The van der Waals surface area contributed by atoms with Gasteiger partial charge in [-0.1, -0.05) is 0 Å². The van der Waals surface area contributed by atoms with E-state index in [2.05, 4.69) is 10.2 Å². The smallest absolute Gasteiger partial charge is 0.340 e. The Morgan fingerprint density at radius 3 is 2.38 bits per heavy atom. The van der Waals surface area contributed by atoms with Gasteiger partial charge in [0, 0.05) is 24.3 Å². The number of hydrogen-bond acceptors (Lipinski definition) is 6. The molecule has 1 saturated heterocycles. The van der Waals surface area contributed by atoms with Crippen LogP contribution in [-0.2, 0) is 9.47 Å². The molecular formula is C22H26N2O5. The molecule has 2 aromatic carbocycles. The molecule has 0 aromatic heterocycles. The summed E-state index contributed by atoms with van der Waals surface area (Å²) in [6.07, 6.45) is 0.0661. The number of nitrogens with zero attached hydrogens (tertiary/aromatic N) is 1. The van der Waals surface area contributed by atoms with Gasteiger partial charge in [0.2, 0.25) is 0 Å². The van der Waals surface area contributed by atoms with Crippen molar-refractivity contribution in [1.29, 1.82) is 0 Å². The van der Waals surface area contributed by atoms with Crippen molar-refractivity contribution < 1.29 is 23.8 Å². The molecule has 1 fully saturated rings. The fourth-order valence-corrected chi connectivity index (χ4v) is 3.13.